The van der Waals surface area contributed by atoms with Gasteiger partial charge < -0.3 is 4.98 Å². The van der Waals surface area contributed by atoms with Gasteiger partial charge in [-0.2, -0.15) is 0 Å². The molecule has 2 heterocycles. The molecule has 0 fully saturated rings. The zero-order valence-corrected chi connectivity index (χ0v) is 8.48. The molecule has 67 valence electrons. The van der Waals surface area contributed by atoms with Crippen LogP contribution in [0.3, 0.4) is 0 Å². The Morgan fingerprint density at radius 3 is 1.75 bits per heavy atom. The predicted octanol–water partition coefficient (Wildman–Crippen LogP) is 1.49. The van der Waals surface area contributed by atoms with E-state index in [4.69, 9.17) is 0 Å². The number of nitrogens with one attached hydrogen (secondary N) is 1. The number of imidazole rings is 1. The average Bonchev–Trinajstić information content (AvgIpc) is 2.64. The van der Waals surface area contributed by atoms with E-state index in [0.29, 0.717) is 0 Å². The van der Waals surface area contributed by atoms with Crippen molar-refractivity contribution in [2.75, 3.05) is 0 Å². The average molecular weight is 344 g/mol. The smallest absolute Gasteiger partial charge is 0.0919 e. The van der Waals surface area contributed by atoms with Crippen LogP contribution in [0.1, 0.15) is 0 Å². The van der Waals surface area contributed by atoms with Gasteiger partial charge in [-0.15, -0.1) is 0 Å². The third kappa shape index (κ3) is 5.85. The molecule has 0 amide bonds. The zero-order chi connectivity index (χ0) is 7.78. The second-order valence-corrected chi connectivity index (χ2v) is 1.79. The maximum absolute atomic E-state index is 3.78. The van der Waals surface area contributed by atoms with Gasteiger partial charge in [-0.25, -0.2) is 4.98 Å². The summed E-state index contributed by atoms with van der Waals surface area (Å²) in [5.41, 5.74) is 0. The molecule has 2 aromatic heterocycles. The first-order chi connectivity index (χ1) is 5.50. The summed E-state index contributed by atoms with van der Waals surface area (Å²) in [7, 11) is 0. The minimum absolute atomic E-state index is 0. The second kappa shape index (κ2) is 8.20. The van der Waals surface area contributed by atoms with Crippen LogP contribution >= 0.6 is 0 Å². The predicted molar refractivity (Wildman–Crippen MR) is 42.8 cm³/mol. The molecule has 0 aliphatic rings. The molecule has 0 aliphatic heterocycles. The summed E-state index contributed by atoms with van der Waals surface area (Å²) in [5, 5.41) is 0. The summed E-state index contributed by atoms with van der Waals surface area (Å²) < 4.78 is 0. The quantitative estimate of drug-likeness (QED) is 0.736. The molecule has 1 radical (unpaired) electrons. The van der Waals surface area contributed by atoms with Gasteiger partial charge >= 0.3 is 0 Å². The van der Waals surface area contributed by atoms with Crippen molar-refractivity contribution in [2.45, 2.75) is 0 Å². The van der Waals surface area contributed by atoms with Crippen LogP contribution < -0.4 is 0 Å². The van der Waals surface area contributed by atoms with Gasteiger partial charge in [0.25, 0.3) is 0 Å². The van der Waals surface area contributed by atoms with Crippen LogP contribution in [0.15, 0.2) is 49.3 Å². The van der Waals surface area contributed by atoms with E-state index in [1.165, 1.54) is 0 Å². The third-order valence-corrected chi connectivity index (χ3v) is 0.972. The molecule has 0 saturated heterocycles. The van der Waals surface area contributed by atoms with Gasteiger partial charge in [0.1, 0.15) is 0 Å². The first kappa shape index (κ1) is 11.1. The molecule has 0 atom stereocenters. The van der Waals surface area contributed by atoms with Crippen LogP contribution in [0.25, 0.3) is 0 Å². The fourth-order valence-corrected chi connectivity index (χ4v) is 0.528. The molecule has 1 N–H and O–H groups in total. The Labute approximate surface area is 86.8 Å². The number of pyridine rings is 1. The van der Waals surface area contributed by atoms with Crippen molar-refractivity contribution in [1.29, 1.82) is 0 Å². The first-order valence-corrected chi connectivity index (χ1v) is 3.28. The molecular weight excluding hydrogens is 335 g/mol. The Morgan fingerprint density at radius 1 is 0.833 bits per heavy atom. The van der Waals surface area contributed by atoms with Gasteiger partial charge in [0, 0.05) is 47.2 Å². The maximum Gasteiger partial charge on any atom is 0.0919 e. The van der Waals surface area contributed by atoms with Crippen LogP contribution in [0, 0.1) is 0 Å². The third-order valence-electron chi connectivity index (χ3n) is 0.972. The van der Waals surface area contributed by atoms with Crippen molar-refractivity contribution >= 4 is 0 Å². The van der Waals surface area contributed by atoms with Crippen molar-refractivity contribution in [2.24, 2.45) is 0 Å². The largest absolute Gasteiger partial charge is 0.351 e. The summed E-state index contributed by atoms with van der Waals surface area (Å²) in [4.78, 5) is 10.2. The number of hydrogen-bond donors (Lipinski definition) is 1. The summed E-state index contributed by atoms with van der Waals surface area (Å²) in [6, 6.07) is 5.72. The molecule has 0 aliphatic carbocycles. The summed E-state index contributed by atoms with van der Waals surface area (Å²) >= 11 is 0. The van der Waals surface area contributed by atoms with E-state index in [9.17, 15) is 0 Å². The van der Waals surface area contributed by atoms with E-state index in [-0.39, 0.29) is 22.4 Å². The monoisotopic (exact) mass is 344 g/mol. The van der Waals surface area contributed by atoms with Gasteiger partial charge in [-0.1, -0.05) is 6.07 Å². The molecule has 0 unspecified atom stereocenters. The molecule has 0 spiro atoms. The topological polar surface area (TPSA) is 41.6 Å². The van der Waals surface area contributed by atoms with Gasteiger partial charge in [0.15, 0.2) is 0 Å². The van der Waals surface area contributed by atoms with E-state index in [0.717, 1.165) is 0 Å². The van der Waals surface area contributed by atoms with E-state index >= 15 is 0 Å². The number of hydrogen-bond acceptors (Lipinski definition) is 2. The van der Waals surface area contributed by atoms with Crippen LogP contribution in [0.5, 0.6) is 0 Å². The Bertz CT molecular complexity index is 200. The minimum Gasteiger partial charge on any atom is -0.351 e. The van der Waals surface area contributed by atoms with E-state index < -0.39 is 0 Å². The van der Waals surface area contributed by atoms with Crippen molar-refractivity contribution in [3.8, 4) is 0 Å². The van der Waals surface area contributed by atoms with Crippen molar-refractivity contribution in [3.05, 3.63) is 49.3 Å². The summed E-state index contributed by atoms with van der Waals surface area (Å²) in [5.74, 6) is 0. The molecular formula is C8H9AuN3. The van der Waals surface area contributed by atoms with Crippen LogP contribution in [-0.4, -0.2) is 15.0 Å². The van der Waals surface area contributed by atoms with Crippen molar-refractivity contribution in [1.82, 2.24) is 15.0 Å². The molecule has 3 nitrogen and oxygen atoms in total. The minimum atomic E-state index is 0. The number of nitrogens with zero attached hydrogens (tertiary/aromatic N) is 2. The van der Waals surface area contributed by atoms with Gasteiger partial charge in [0.2, 0.25) is 0 Å². The van der Waals surface area contributed by atoms with Gasteiger partial charge in [-0.3, -0.25) is 4.98 Å². The Balaban J connectivity index is 0.000000189. The molecule has 0 saturated carbocycles. The number of aromatic amines is 1. The van der Waals surface area contributed by atoms with Crippen molar-refractivity contribution < 1.29 is 22.4 Å². The van der Waals surface area contributed by atoms with E-state index in [1.807, 2.05) is 18.2 Å². The number of aromatic nitrogens is 3. The summed E-state index contributed by atoms with van der Waals surface area (Å²) in [6.07, 6.45) is 8.58. The molecule has 4 heteroatoms. The second-order valence-electron chi connectivity index (χ2n) is 1.79. The van der Waals surface area contributed by atoms with Crippen LogP contribution in [-0.2, 0) is 22.4 Å². The zero-order valence-electron chi connectivity index (χ0n) is 6.31. The van der Waals surface area contributed by atoms with Crippen LogP contribution in [0.2, 0.25) is 0 Å². The normalized spacial score (nSPS) is 7.33. The standard InChI is InChI=1S/C5H5N.C3H4N2.Au/c1-2-4-6-5-3-1;1-2-5-3-4-1;/h1-5H;1-3H,(H,4,5);. The fourth-order valence-electron chi connectivity index (χ4n) is 0.528. The van der Waals surface area contributed by atoms with E-state index in [1.54, 1.807) is 31.1 Å². The fraction of sp³-hybridized carbons (Fsp3) is 0. The first-order valence-electron chi connectivity index (χ1n) is 3.28. The molecule has 2 rings (SSSR count). The maximum atomic E-state index is 3.78. The molecule has 0 bridgehead atoms. The molecule has 2 aromatic rings. The van der Waals surface area contributed by atoms with Crippen molar-refractivity contribution in [3.63, 3.8) is 0 Å². The number of rotatable bonds is 0. The van der Waals surface area contributed by atoms with E-state index in [2.05, 4.69) is 15.0 Å². The molecule has 0 aromatic carbocycles. The Kier molecular flexibility index (Phi) is 7.58. The Morgan fingerprint density at radius 2 is 1.58 bits per heavy atom. The van der Waals surface area contributed by atoms with Gasteiger partial charge in [0.05, 0.1) is 6.33 Å². The Hall–Kier alpha value is -0.900. The number of H-pyrrole nitrogens is 1. The van der Waals surface area contributed by atoms with Crippen LogP contribution in [0.4, 0.5) is 0 Å². The summed E-state index contributed by atoms with van der Waals surface area (Å²) in [6.45, 7) is 0. The van der Waals surface area contributed by atoms with Gasteiger partial charge in [-0.05, 0) is 12.1 Å². The SMILES string of the molecule is [Au].c1c[nH]cn1.c1ccncc1. The molecule has 12 heavy (non-hydrogen) atoms.